The summed E-state index contributed by atoms with van der Waals surface area (Å²) in [4.78, 5) is 26.7. The molecule has 28 heavy (non-hydrogen) atoms. The molecule has 3 aromatic rings. The highest BCUT2D eigenvalue weighted by atomic mass is 16.5. The number of nitrogens with zero attached hydrogens (tertiary/aromatic N) is 3. The molecule has 3 rings (SSSR count). The van der Waals surface area contributed by atoms with Gasteiger partial charge < -0.3 is 19.4 Å². The van der Waals surface area contributed by atoms with E-state index in [4.69, 9.17) is 9.47 Å². The van der Waals surface area contributed by atoms with Crippen molar-refractivity contribution < 1.29 is 9.47 Å². The summed E-state index contributed by atoms with van der Waals surface area (Å²) < 4.78 is 10.6. The van der Waals surface area contributed by atoms with Crippen molar-refractivity contribution in [3.63, 3.8) is 0 Å². The molecule has 7 heteroatoms. The highest BCUT2D eigenvalue weighted by molar-refractivity contribution is 5.87. The van der Waals surface area contributed by atoms with Crippen LogP contribution < -0.4 is 15.0 Å². The van der Waals surface area contributed by atoms with Crippen molar-refractivity contribution in [1.29, 1.82) is 0 Å². The Hall–Kier alpha value is -3.35. The normalized spacial score (nSPS) is 11.2. The molecule has 0 bridgehead atoms. The Morgan fingerprint density at radius 3 is 2.32 bits per heavy atom. The van der Waals surface area contributed by atoms with Crippen LogP contribution in [0, 0.1) is 13.8 Å². The van der Waals surface area contributed by atoms with Crippen LogP contribution in [0.5, 0.6) is 11.5 Å². The Labute approximate surface area is 163 Å². The molecule has 1 aromatic heterocycles. The number of nitrogens with one attached hydrogen (secondary N) is 1. The molecule has 0 aliphatic heterocycles. The Morgan fingerprint density at radius 1 is 1.07 bits per heavy atom. The quantitative estimate of drug-likeness (QED) is 0.542. The molecular weight excluding hydrogens is 356 g/mol. The van der Waals surface area contributed by atoms with Crippen molar-refractivity contribution in [3.8, 4) is 22.9 Å². The number of aromatic amines is 1. The zero-order chi connectivity index (χ0) is 20.4. The third kappa shape index (κ3) is 3.69. The third-order valence-corrected chi connectivity index (χ3v) is 4.38. The number of fused-ring (bicyclic) bond motifs is 1. The van der Waals surface area contributed by atoms with E-state index in [2.05, 4.69) is 15.0 Å². The fourth-order valence-corrected chi connectivity index (χ4v) is 3.10. The molecule has 0 saturated carbocycles. The lowest BCUT2D eigenvalue weighted by Crippen LogP contribution is -2.11. The minimum absolute atomic E-state index is 0.260. The molecule has 1 N–H and O–H groups in total. The molecule has 0 radical (unpaired) electrons. The van der Waals surface area contributed by atoms with Gasteiger partial charge in [-0.05, 0) is 37.1 Å². The van der Waals surface area contributed by atoms with Gasteiger partial charge in [-0.25, -0.2) is 9.98 Å². The molecule has 0 aliphatic carbocycles. The Morgan fingerprint density at radius 2 is 1.75 bits per heavy atom. The maximum absolute atomic E-state index is 12.7. The van der Waals surface area contributed by atoms with E-state index in [1.807, 2.05) is 45.0 Å². The standard InChI is InChI=1S/C21H24N4O3/c1-12-7-14(8-13(2)19(12)22-11-25(3)4)20-23-16-9-15(27-5)10-17(28-6)18(16)21(26)24-20/h7-11H,1-6H3,(H,23,24,26). The largest absolute Gasteiger partial charge is 0.497 e. The molecular formula is C21H24N4O3. The number of methoxy groups -OCH3 is 2. The molecule has 146 valence electrons. The van der Waals surface area contributed by atoms with Crippen molar-refractivity contribution in [2.24, 2.45) is 4.99 Å². The highest BCUT2D eigenvalue weighted by Crippen LogP contribution is 2.31. The van der Waals surface area contributed by atoms with E-state index < -0.39 is 0 Å². The number of aryl methyl sites for hydroxylation is 2. The maximum atomic E-state index is 12.7. The fourth-order valence-electron chi connectivity index (χ4n) is 3.10. The number of aliphatic imine (C=N–C) groups is 1. The summed E-state index contributed by atoms with van der Waals surface area (Å²) in [6.07, 6.45) is 1.77. The second kappa shape index (κ2) is 7.72. The van der Waals surface area contributed by atoms with E-state index in [0.29, 0.717) is 28.2 Å². The van der Waals surface area contributed by atoms with Gasteiger partial charge in [-0.3, -0.25) is 4.79 Å². The van der Waals surface area contributed by atoms with Gasteiger partial charge in [0.05, 0.1) is 31.8 Å². The van der Waals surface area contributed by atoms with Crippen LogP contribution in [0.4, 0.5) is 5.69 Å². The number of hydrogen-bond donors (Lipinski definition) is 1. The second-order valence-corrected chi connectivity index (χ2v) is 6.81. The molecule has 7 nitrogen and oxygen atoms in total. The van der Waals surface area contributed by atoms with Crippen LogP contribution in [0.25, 0.3) is 22.3 Å². The maximum Gasteiger partial charge on any atom is 0.262 e. The summed E-state index contributed by atoms with van der Waals surface area (Å²) in [7, 11) is 6.93. The lowest BCUT2D eigenvalue weighted by molar-refractivity contribution is 0.397. The summed E-state index contributed by atoms with van der Waals surface area (Å²) in [6, 6.07) is 7.34. The SMILES string of the molecule is COc1cc(OC)c2c(=O)[nH]c(-c3cc(C)c(N=CN(C)C)c(C)c3)nc2c1. The molecule has 0 fully saturated rings. The first-order chi connectivity index (χ1) is 13.3. The van der Waals surface area contributed by atoms with Gasteiger partial charge in [0.15, 0.2) is 0 Å². The molecule has 0 spiro atoms. The van der Waals surface area contributed by atoms with Gasteiger partial charge in [0.25, 0.3) is 5.56 Å². The predicted molar refractivity (Wildman–Crippen MR) is 112 cm³/mol. The molecule has 0 atom stereocenters. The van der Waals surface area contributed by atoms with Crippen LogP contribution in [0.2, 0.25) is 0 Å². The van der Waals surface area contributed by atoms with Crippen molar-refractivity contribution in [2.75, 3.05) is 28.3 Å². The first-order valence-corrected chi connectivity index (χ1v) is 8.82. The Balaban J connectivity index is 2.18. The van der Waals surface area contributed by atoms with Gasteiger partial charge in [-0.1, -0.05) is 0 Å². The van der Waals surface area contributed by atoms with Crippen molar-refractivity contribution in [1.82, 2.24) is 14.9 Å². The first-order valence-electron chi connectivity index (χ1n) is 8.82. The van der Waals surface area contributed by atoms with Crippen LogP contribution in [0.3, 0.4) is 0 Å². The highest BCUT2D eigenvalue weighted by Gasteiger charge is 2.14. The lowest BCUT2D eigenvalue weighted by Gasteiger charge is -2.12. The van der Waals surface area contributed by atoms with Crippen molar-refractivity contribution in [3.05, 3.63) is 45.7 Å². The summed E-state index contributed by atoms with van der Waals surface area (Å²) in [5.74, 6) is 1.49. The number of benzene rings is 2. The number of hydrogen-bond acceptors (Lipinski definition) is 5. The van der Waals surface area contributed by atoms with Gasteiger partial charge in [0.2, 0.25) is 0 Å². The molecule has 1 heterocycles. The van der Waals surface area contributed by atoms with Gasteiger partial charge in [0.1, 0.15) is 22.7 Å². The van der Waals surface area contributed by atoms with Gasteiger partial charge in [-0.2, -0.15) is 0 Å². The van der Waals surface area contributed by atoms with E-state index in [1.54, 1.807) is 25.6 Å². The van der Waals surface area contributed by atoms with Crippen LogP contribution in [-0.2, 0) is 0 Å². The van der Waals surface area contributed by atoms with Crippen LogP contribution in [0.15, 0.2) is 34.1 Å². The number of H-pyrrole nitrogens is 1. The summed E-state index contributed by atoms with van der Waals surface area (Å²) in [6.45, 7) is 3.98. The summed E-state index contributed by atoms with van der Waals surface area (Å²) in [5, 5.41) is 0.396. The predicted octanol–water partition coefficient (Wildman–Crippen LogP) is 3.45. The van der Waals surface area contributed by atoms with E-state index in [0.717, 1.165) is 22.4 Å². The van der Waals surface area contributed by atoms with E-state index in [9.17, 15) is 4.79 Å². The third-order valence-electron chi connectivity index (χ3n) is 4.38. The zero-order valence-electron chi connectivity index (χ0n) is 17.0. The van der Waals surface area contributed by atoms with E-state index in [-0.39, 0.29) is 5.56 Å². The lowest BCUT2D eigenvalue weighted by atomic mass is 10.0. The minimum atomic E-state index is -0.260. The second-order valence-electron chi connectivity index (χ2n) is 6.81. The first kappa shape index (κ1) is 19.4. The zero-order valence-corrected chi connectivity index (χ0v) is 17.0. The number of aromatic nitrogens is 2. The Bertz CT molecular complexity index is 1090. The number of ether oxygens (including phenoxy) is 2. The molecule has 0 saturated heterocycles. The van der Waals surface area contributed by atoms with E-state index in [1.165, 1.54) is 7.11 Å². The van der Waals surface area contributed by atoms with Gasteiger partial charge in [-0.15, -0.1) is 0 Å². The topological polar surface area (TPSA) is 79.8 Å². The summed E-state index contributed by atoms with van der Waals surface area (Å²) >= 11 is 0. The average Bonchev–Trinajstić information content (AvgIpc) is 2.65. The van der Waals surface area contributed by atoms with Gasteiger partial charge in [0, 0.05) is 31.8 Å². The number of rotatable bonds is 5. The smallest absolute Gasteiger partial charge is 0.262 e. The average molecular weight is 380 g/mol. The fraction of sp³-hybridized carbons (Fsp3) is 0.286. The minimum Gasteiger partial charge on any atom is -0.497 e. The van der Waals surface area contributed by atoms with Crippen LogP contribution in [0.1, 0.15) is 11.1 Å². The summed E-state index contributed by atoms with van der Waals surface area (Å²) in [5.41, 5.74) is 3.98. The molecule has 2 aromatic carbocycles. The van der Waals surface area contributed by atoms with E-state index >= 15 is 0 Å². The monoisotopic (exact) mass is 380 g/mol. The molecule has 0 unspecified atom stereocenters. The van der Waals surface area contributed by atoms with Crippen molar-refractivity contribution >= 4 is 22.9 Å². The Kier molecular flexibility index (Phi) is 5.35. The van der Waals surface area contributed by atoms with Crippen LogP contribution in [-0.4, -0.2) is 49.5 Å². The van der Waals surface area contributed by atoms with Crippen LogP contribution >= 0.6 is 0 Å². The molecule has 0 aliphatic rings. The van der Waals surface area contributed by atoms with Gasteiger partial charge >= 0.3 is 0 Å². The van der Waals surface area contributed by atoms with Crippen molar-refractivity contribution in [2.45, 2.75) is 13.8 Å². The molecule has 0 amide bonds.